The molecule has 2 aromatic rings. The normalized spacial score (nSPS) is 11.3. The Morgan fingerprint density at radius 3 is 1.55 bits per heavy atom. The van der Waals surface area contributed by atoms with Crippen LogP contribution in [0, 0.1) is 0 Å². The molecule has 3 heteroatoms. The SMILES string of the molecule is O=C(C=Cc1ccccc1Cl)/C=C/c1ccccc1Cl. The Bertz CT molecular complexity index is 615. The first-order chi connectivity index (χ1) is 9.66. The van der Waals surface area contributed by atoms with Gasteiger partial charge in [-0.1, -0.05) is 59.6 Å². The fourth-order valence-corrected chi connectivity index (χ4v) is 2.02. The number of ketones is 1. The van der Waals surface area contributed by atoms with Crippen LogP contribution < -0.4 is 0 Å². The Morgan fingerprint density at radius 2 is 1.15 bits per heavy atom. The van der Waals surface area contributed by atoms with Crippen molar-refractivity contribution in [1.29, 1.82) is 0 Å². The molecule has 0 radical (unpaired) electrons. The molecule has 2 rings (SSSR count). The zero-order valence-corrected chi connectivity index (χ0v) is 12.1. The fraction of sp³-hybridized carbons (Fsp3) is 0. The molecule has 0 aromatic heterocycles. The quantitative estimate of drug-likeness (QED) is 0.701. The van der Waals surface area contributed by atoms with Gasteiger partial charge in [0.15, 0.2) is 5.78 Å². The van der Waals surface area contributed by atoms with Crippen LogP contribution in [0.4, 0.5) is 0 Å². The summed E-state index contributed by atoms with van der Waals surface area (Å²) in [6, 6.07) is 14.7. The summed E-state index contributed by atoms with van der Waals surface area (Å²) in [6.45, 7) is 0. The van der Waals surface area contributed by atoms with Crippen molar-refractivity contribution in [2.45, 2.75) is 0 Å². The van der Waals surface area contributed by atoms with Crippen molar-refractivity contribution in [2.75, 3.05) is 0 Å². The molecule has 0 atom stereocenters. The van der Waals surface area contributed by atoms with Crippen molar-refractivity contribution in [3.05, 3.63) is 81.9 Å². The Labute approximate surface area is 128 Å². The number of benzene rings is 2. The van der Waals surface area contributed by atoms with E-state index in [4.69, 9.17) is 23.2 Å². The van der Waals surface area contributed by atoms with Gasteiger partial charge in [0.05, 0.1) is 0 Å². The fourth-order valence-electron chi connectivity index (χ4n) is 1.62. The van der Waals surface area contributed by atoms with Gasteiger partial charge >= 0.3 is 0 Å². The molecule has 0 saturated carbocycles. The molecule has 1 nitrogen and oxygen atoms in total. The highest BCUT2D eigenvalue weighted by Gasteiger charge is 1.97. The average Bonchev–Trinajstić information content (AvgIpc) is 2.45. The average molecular weight is 303 g/mol. The second kappa shape index (κ2) is 7.09. The van der Waals surface area contributed by atoms with Gasteiger partial charge in [-0.2, -0.15) is 0 Å². The highest BCUT2D eigenvalue weighted by atomic mass is 35.5. The molecule has 20 heavy (non-hydrogen) atoms. The maximum absolute atomic E-state index is 11.8. The molecule has 0 bridgehead atoms. The zero-order chi connectivity index (χ0) is 14.4. The summed E-state index contributed by atoms with van der Waals surface area (Å²) < 4.78 is 0. The number of carbonyl (C=O) groups excluding carboxylic acids is 1. The van der Waals surface area contributed by atoms with Crippen molar-refractivity contribution >= 4 is 41.1 Å². The van der Waals surface area contributed by atoms with E-state index in [1.165, 1.54) is 12.2 Å². The lowest BCUT2D eigenvalue weighted by atomic mass is 10.1. The molecule has 0 fully saturated rings. The molecule has 0 spiro atoms. The van der Waals surface area contributed by atoms with Gasteiger partial charge in [-0.3, -0.25) is 4.79 Å². The van der Waals surface area contributed by atoms with Crippen LogP contribution >= 0.6 is 23.2 Å². The van der Waals surface area contributed by atoms with Gasteiger partial charge < -0.3 is 0 Å². The molecule has 0 N–H and O–H groups in total. The Kier molecular flexibility index (Phi) is 5.16. The van der Waals surface area contributed by atoms with Gasteiger partial charge in [0.25, 0.3) is 0 Å². The molecule has 2 aromatic carbocycles. The van der Waals surface area contributed by atoms with Gasteiger partial charge in [-0.15, -0.1) is 0 Å². The number of halogens is 2. The first kappa shape index (κ1) is 14.6. The lowest BCUT2D eigenvalue weighted by Gasteiger charge is -1.96. The van der Waals surface area contributed by atoms with Crippen LogP contribution in [0.2, 0.25) is 10.0 Å². The highest BCUT2D eigenvalue weighted by Crippen LogP contribution is 2.17. The van der Waals surface area contributed by atoms with E-state index in [-0.39, 0.29) is 5.78 Å². The summed E-state index contributed by atoms with van der Waals surface area (Å²) in [7, 11) is 0. The summed E-state index contributed by atoms with van der Waals surface area (Å²) in [5, 5.41) is 1.23. The van der Waals surface area contributed by atoms with Crippen LogP contribution in [0.1, 0.15) is 11.1 Å². The number of rotatable bonds is 4. The summed E-state index contributed by atoms with van der Waals surface area (Å²) in [5.41, 5.74) is 1.63. The first-order valence-corrected chi connectivity index (χ1v) is 6.81. The molecule has 0 unspecified atom stereocenters. The molecule has 0 amide bonds. The topological polar surface area (TPSA) is 17.1 Å². The largest absolute Gasteiger partial charge is 0.290 e. The van der Waals surface area contributed by atoms with Crippen LogP contribution in [-0.2, 0) is 4.79 Å². The lowest BCUT2D eigenvalue weighted by Crippen LogP contribution is -1.85. The van der Waals surface area contributed by atoms with E-state index in [0.717, 1.165) is 11.1 Å². The Hall–Kier alpha value is -1.83. The summed E-state index contributed by atoms with van der Waals surface area (Å²) >= 11 is 12.0. The van der Waals surface area contributed by atoms with E-state index in [9.17, 15) is 4.79 Å². The third-order valence-corrected chi connectivity index (χ3v) is 3.35. The van der Waals surface area contributed by atoms with Gasteiger partial charge in [-0.25, -0.2) is 0 Å². The summed E-state index contributed by atoms with van der Waals surface area (Å²) in [6.07, 6.45) is 6.35. The lowest BCUT2D eigenvalue weighted by molar-refractivity contribution is -0.110. The molecule has 100 valence electrons. The van der Waals surface area contributed by atoms with Gasteiger partial charge in [-0.05, 0) is 47.6 Å². The van der Waals surface area contributed by atoms with E-state index in [2.05, 4.69) is 0 Å². The Morgan fingerprint density at radius 1 is 0.750 bits per heavy atom. The maximum atomic E-state index is 11.8. The van der Waals surface area contributed by atoms with Crippen LogP contribution in [0.3, 0.4) is 0 Å². The molecule has 0 aliphatic heterocycles. The third kappa shape index (κ3) is 4.09. The smallest absolute Gasteiger partial charge is 0.178 e. The van der Waals surface area contributed by atoms with Crippen molar-refractivity contribution in [2.24, 2.45) is 0 Å². The predicted octanol–water partition coefficient (Wildman–Crippen LogP) is 5.29. The van der Waals surface area contributed by atoms with Crippen LogP contribution in [-0.4, -0.2) is 5.78 Å². The minimum atomic E-state index is -0.121. The number of carbonyl (C=O) groups is 1. The number of allylic oxidation sites excluding steroid dienone is 2. The molecule has 0 aliphatic rings. The molecular weight excluding hydrogens is 291 g/mol. The van der Waals surface area contributed by atoms with E-state index >= 15 is 0 Å². The minimum absolute atomic E-state index is 0.121. The van der Waals surface area contributed by atoms with Gasteiger partial charge in [0, 0.05) is 10.0 Å². The van der Waals surface area contributed by atoms with Crippen LogP contribution in [0.5, 0.6) is 0 Å². The first-order valence-electron chi connectivity index (χ1n) is 6.06. The van der Waals surface area contributed by atoms with Crippen molar-refractivity contribution in [3.63, 3.8) is 0 Å². The maximum Gasteiger partial charge on any atom is 0.178 e. The molecule has 0 heterocycles. The van der Waals surface area contributed by atoms with Crippen LogP contribution in [0.15, 0.2) is 60.7 Å². The van der Waals surface area contributed by atoms with E-state index in [0.29, 0.717) is 10.0 Å². The van der Waals surface area contributed by atoms with E-state index in [1.54, 1.807) is 24.3 Å². The second-order valence-corrected chi connectivity index (χ2v) is 4.93. The minimum Gasteiger partial charge on any atom is -0.290 e. The highest BCUT2D eigenvalue weighted by molar-refractivity contribution is 6.32. The summed E-state index contributed by atoms with van der Waals surface area (Å²) in [5.74, 6) is -0.121. The van der Waals surface area contributed by atoms with E-state index < -0.39 is 0 Å². The number of hydrogen-bond acceptors (Lipinski definition) is 1. The third-order valence-electron chi connectivity index (χ3n) is 2.66. The standard InChI is InChI=1S/C17H12Cl2O/c18-16-7-3-1-5-13(16)9-11-15(20)12-10-14-6-2-4-8-17(14)19/h1-12H/b11-9+,12-10?. The predicted molar refractivity (Wildman–Crippen MR) is 86.0 cm³/mol. The van der Waals surface area contributed by atoms with Crippen LogP contribution in [0.25, 0.3) is 12.2 Å². The molecular formula is C17H12Cl2O. The monoisotopic (exact) mass is 302 g/mol. The Balaban J connectivity index is 2.07. The van der Waals surface area contributed by atoms with Gasteiger partial charge in [0.1, 0.15) is 0 Å². The summed E-state index contributed by atoms with van der Waals surface area (Å²) in [4.78, 5) is 11.8. The van der Waals surface area contributed by atoms with Crippen molar-refractivity contribution in [3.8, 4) is 0 Å². The van der Waals surface area contributed by atoms with E-state index in [1.807, 2.05) is 36.4 Å². The number of hydrogen-bond donors (Lipinski definition) is 0. The molecule has 0 aliphatic carbocycles. The second-order valence-electron chi connectivity index (χ2n) is 4.11. The van der Waals surface area contributed by atoms with Gasteiger partial charge in [0.2, 0.25) is 0 Å². The van der Waals surface area contributed by atoms with Crippen molar-refractivity contribution in [1.82, 2.24) is 0 Å². The zero-order valence-electron chi connectivity index (χ0n) is 10.6. The van der Waals surface area contributed by atoms with Crippen molar-refractivity contribution < 1.29 is 4.79 Å². The molecule has 0 saturated heterocycles.